The van der Waals surface area contributed by atoms with E-state index >= 15 is 0 Å². The molecule has 0 unspecified atom stereocenters. The number of carbonyl (C=O) groups is 1. The number of carbonyl (C=O) groups excluding carboxylic acids is 1. The number of rotatable bonds is 4. The highest BCUT2D eigenvalue weighted by molar-refractivity contribution is 9.10. The maximum atomic E-state index is 13.7. The van der Waals surface area contributed by atoms with Crippen LogP contribution in [-0.4, -0.2) is 12.5 Å². The van der Waals surface area contributed by atoms with Crippen LogP contribution in [0.3, 0.4) is 0 Å². The van der Waals surface area contributed by atoms with Crippen LogP contribution in [0.15, 0.2) is 40.9 Å². The summed E-state index contributed by atoms with van der Waals surface area (Å²) in [7, 11) is 0. The molecule has 0 aliphatic carbocycles. The molecule has 21 heavy (non-hydrogen) atoms. The monoisotopic (exact) mass is 352 g/mol. The molecule has 0 aliphatic heterocycles. The molecular formula is C15H14BrFN2O2. The van der Waals surface area contributed by atoms with Gasteiger partial charge in [-0.2, -0.15) is 0 Å². The predicted molar refractivity (Wildman–Crippen MR) is 83.8 cm³/mol. The zero-order chi connectivity index (χ0) is 15.4. The molecule has 0 heterocycles. The van der Waals surface area contributed by atoms with Crippen LogP contribution in [-0.2, 0) is 4.79 Å². The van der Waals surface area contributed by atoms with Crippen molar-refractivity contribution in [3.05, 3.63) is 52.3 Å². The number of nitrogens with two attached hydrogens (primary N) is 1. The summed E-state index contributed by atoms with van der Waals surface area (Å²) in [6.45, 7) is 1.35. The molecule has 3 N–H and O–H groups in total. The lowest BCUT2D eigenvalue weighted by molar-refractivity contribution is -0.118. The zero-order valence-electron chi connectivity index (χ0n) is 11.3. The maximum absolute atomic E-state index is 13.7. The predicted octanol–water partition coefficient (Wildman–Crippen LogP) is 3.50. The lowest BCUT2D eigenvalue weighted by atomic mass is 10.2. The number of hydrogen-bond acceptors (Lipinski definition) is 3. The second-order valence-corrected chi connectivity index (χ2v) is 5.32. The fourth-order valence-electron chi connectivity index (χ4n) is 1.69. The van der Waals surface area contributed by atoms with E-state index in [4.69, 9.17) is 10.5 Å². The third-order valence-corrected chi connectivity index (χ3v) is 3.44. The first kappa shape index (κ1) is 15.3. The summed E-state index contributed by atoms with van der Waals surface area (Å²) >= 11 is 3.30. The van der Waals surface area contributed by atoms with Crippen molar-refractivity contribution >= 4 is 33.2 Å². The molecule has 0 spiro atoms. The zero-order valence-corrected chi connectivity index (χ0v) is 12.9. The average Bonchev–Trinajstić information content (AvgIpc) is 2.43. The number of hydrogen-bond donors (Lipinski definition) is 2. The van der Waals surface area contributed by atoms with Gasteiger partial charge < -0.3 is 15.8 Å². The van der Waals surface area contributed by atoms with E-state index < -0.39 is 5.82 Å². The molecule has 0 aromatic heterocycles. The molecule has 2 aromatic carbocycles. The lowest BCUT2D eigenvalue weighted by Crippen LogP contribution is -2.20. The van der Waals surface area contributed by atoms with Gasteiger partial charge in [0.05, 0.1) is 5.69 Å². The Labute approximate surface area is 130 Å². The molecule has 110 valence electrons. The Bertz CT molecular complexity index is 677. The Morgan fingerprint density at radius 1 is 1.38 bits per heavy atom. The van der Waals surface area contributed by atoms with Gasteiger partial charge in [0.25, 0.3) is 5.91 Å². The van der Waals surface area contributed by atoms with Crippen molar-refractivity contribution < 1.29 is 13.9 Å². The van der Waals surface area contributed by atoms with Crippen molar-refractivity contribution in [1.82, 2.24) is 0 Å². The number of nitrogen functional groups attached to an aromatic ring is 1. The molecule has 4 nitrogen and oxygen atoms in total. The number of halogens is 2. The second kappa shape index (κ2) is 6.58. The van der Waals surface area contributed by atoms with Crippen LogP contribution in [0.4, 0.5) is 15.8 Å². The summed E-state index contributed by atoms with van der Waals surface area (Å²) in [4.78, 5) is 11.8. The Balaban J connectivity index is 1.97. The topological polar surface area (TPSA) is 64.3 Å². The lowest BCUT2D eigenvalue weighted by Gasteiger charge is -2.10. The van der Waals surface area contributed by atoms with Crippen molar-refractivity contribution in [2.24, 2.45) is 0 Å². The maximum Gasteiger partial charge on any atom is 0.262 e. The van der Waals surface area contributed by atoms with Gasteiger partial charge in [-0.05, 0) is 52.7 Å². The second-order valence-electron chi connectivity index (χ2n) is 4.46. The Kier molecular flexibility index (Phi) is 4.80. The first-order valence-electron chi connectivity index (χ1n) is 6.20. The highest BCUT2D eigenvalue weighted by atomic mass is 79.9. The molecule has 0 atom stereocenters. The third kappa shape index (κ3) is 3.95. The van der Waals surface area contributed by atoms with Gasteiger partial charge in [-0.3, -0.25) is 4.79 Å². The van der Waals surface area contributed by atoms with E-state index in [0.29, 0.717) is 21.4 Å². The Morgan fingerprint density at radius 3 is 2.86 bits per heavy atom. The molecule has 0 fully saturated rings. The van der Waals surface area contributed by atoms with Crippen LogP contribution in [0.5, 0.6) is 5.75 Å². The molecule has 6 heteroatoms. The van der Waals surface area contributed by atoms with Gasteiger partial charge in [-0.25, -0.2) is 4.39 Å². The summed E-state index contributed by atoms with van der Waals surface area (Å²) < 4.78 is 19.6. The van der Waals surface area contributed by atoms with Gasteiger partial charge in [-0.15, -0.1) is 0 Å². The van der Waals surface area contributed by atoms with Crippen molar-refractivity contribution in [1.29, 1.82) is 0 Å². The molecular weight excluding hydrogens is 339 g/mol. The fourth-order valence-corrected chi connectivity index (χ4v) is 2.19. The smallest absolute Gasteiger partial charge is 0.262 e. The Hall–Kier alpha value is -2.08. The number of nitrogens with one attached hydrogen (secondary N) is 1. The van der Waals surface area contributed by atoms with Crippen molar-refractivity contribution in [2.45, 2.75) is 6.92 Å². The van der Waals surface area contributed by atoms with Crippen LogP contribution in [0.1, 0.15) is 5.56 Å². The van der Waals surface area contributed by atoms with E-state index in [0.717, 1.165) is 0 Å². The highest BCUT2D eigenvalue weighted by Crippen LogP contribution is 2.24. The van der Waals surface area contributed by atoms with Crippen LogP contribution in [0.2, 0.25) is 0 Å². The van der Waals surface area contributed by atoms with Crippen molar-refractivity contribution in [3.63, 3.8) is 0 Å². The quantitative estimate of drug-likeness (QED) is 0.827. The van der Waals surface area contributed by atoms with E-state index in [1.54, 1.807) is 37.3 Å². The van der Waals surface area contributed by atoms with E-state index in [-0.39, 0.29) is 18.3 Å². The molecule has 0 saturated heterocycles. The molecule has 1 amide bonds. The van der Waals surface area contributed by atoms with Gasteiger partial charge >= 0.3 is 0 Å². The van der Waals surface area contributed by atoms with Gasteiger partial charge in [0.15, 0.2) is 18.2 Å². The standard InChI is InChI=1S/C15H14BrFN2O2/c1-9-3-2-4-13(15(9)17)21-8-14(20)19-12-6-5-10(18)7-11(12)16/h2-7H,8,18H2,1H3,(H,19,20). The van der Waals surface area contributed by atoms with E-state index in [1.807, 2.05) is 0 Å². The summed E-state index contributed by atoms with van der Waals surface area (Å²) in [6.07, 6.45) is 0. The summed E-state index contributed by atoms with van der Waals surface area (Å²) in [5, 5.41) is 2.65. The van der Waals surface area contributed by atoms with E-state index in [2.05, 4.69) is 21.2 Å². The summed E-state index contributed by atoms with van der Waals surface area (Å²) in [6, 6.07) is 9.80. The molecule has 0 radical (unpaired) electrons. The highest BCUT2D eigenvalue weighted by Gasteiger charge is 2.10. The van der Waals surface area contributed by atoms with Crippen molar-refractivity contribution in [2.75, 3.05) is 17.7 Å². The van der Waals surface area contributed by atoms with Crippen LogP contribution >= 0.6 is 15.9 Å². The third-order valence-electron chi connectivity index (χ3n) is 2.78. The van der Waals surface area contributed by atoms with Gasteiger partial charge in [0.2, 0.25) is 0 Å². The molecule has 0 aliphatic rings. The summed E-state index contributed by atoms with van der Waals surface area (Å²) in [5.41, 5.74) is 7.23. The minimum atomic E-state index is -0.459. The molecule has 2 rings (SSSR count). The van der Waals surface area contributed by atoms with Crippen molar-refractivity contribution in [3.8, 4) is 5.75 Å². The molecule has 2 aromatic rings. The number of benzene rings is 2. The normalized spacial score (nSPS) is 10.2. The largest absolute Gasteiger partial charge is 0.481 e. The minimum absolute atomic E-state index is 0.0570. The SMILES string of the molecule is Cc1cccc(OCC(=O)Nc2ccc(N)cc2Br)c1F. The minimum Gasteiger partial charge on any atom is -0.481 e. The number of amides is 1. The Morgan fingerprint density at radius 2 is 2.14 bits per heavy atom. The summed E-state index contributed by atoms with van der Waals surface area (Å²) in [5.74, 6) is -0.790. The van der Waals surface area contributed by atoms with Crippen LogP contribution < -0.4 is 15.8 Å². The van der Waals surface area contributed by atoms with Gasteiger partial charge in [0.1, 0.15) is 0 Å². The number of anilines is 2. The first-order chi connectivity index (χ1) is 9.97. The molecule has 0 saturated carbocycles. The van der Waals surface area contributed by atoms with Gasteiger partial charge in [0, 0.05) is 10.2 Å². The van der Waals surface area contributed by atoms with Crippen LogP contribution in [0.25, 0.3) is 0 Å². The van der Waals surface area contributed by atoms with E-state index in [1.165, 1.54) is 6.07 Å². The average molecular weight is 353 g/mol. The molecule has 0 bridgehead atoms. The first-order valence-corrected chi connectivity index (χ1v) is 6.99. The van der Waals surface area contributed by atoms with Crippen LogP contribution in [0, 0.1) is 12.7 Å². The number of ether oxygens (including phenoxy) is 1. The van der Waals surface area contributed by atoms with E-state index in [9.17, 15) is 9.18 Å². The fraction of sp³-hybridized carbons (Fsp3) is 0.133. The van der Waals surface area contributed by atoms with Gasteiger partial charge in [-0.1, -0.05) is 12.1 Å². The number of aryl methyl sites for hydroxylation is 1.